The molecule has 9 N–H and O–H groups in total. The molecule has 0 saturated carbocycles. The summed E-state index contributed by atoms with van der Waals surface area (Å²) in [6, 6.07) is 22.5. The van der Waals surface area contributed by atoms with Gasteiger partial charge in [0.05, 0.1) is 10.8 Å². The van der Waals surface area contributed by atoms with Crippen molar-refractivity contribution in [3.63, 3.8) is 0 Å². The number of pyridine rings is 1. The first-order valence-electron chi connectivity index (χ1n) is 15.2. The number of aromatic nitrogens is 1. The van der Waals surface area contributed by atoms with Gasteiger partial charge in [0.25, 0.3) is 0 Å². The summed E-state index contributed by atoms with van der Waals surface area (Å²) in [5, 5.41) is 11.7. The average molecular weight is 575 g/mol. The zero-order valence-electron chi connectivity index (χ0n) is 26.0. The second kappa shape index (κ2) is 18.0. The smallest absolute Gasteiger partial charge is 0.220 e. The SMILES string of the molecule is CC(C)CCN.CC(C)CCO.NC(=O)CCCCC[n+]1c(-c2ccccc2)c2cc(N)ccc2c2ccc(N)cc21. The van der Waals surface area contributed by atoms with Crippen LogP contribution in [-0.4, -0.2) is 24.2 Å². The van der Waals surface area contributed by atoms with Gasteiger partial charge in [-0.05, 0) is 80.5 Å². The first-order valence-corrected chi connectivity index (χ1v) is 15.2. The Morgan fingerprint density at radius 1 is 0.786 bits per heavy atom. The van der Waals surface area contributed by atoms with Crippen LogP contribution in [0.2, 0.25) is 0 Å². The van der Waals surface area contributed by atoms with Crippen LogP contribution < -0.4 is 27.5 Å². The van der Waals surface area contributed by atoms with Gasteiger partial charge in [-0.3, -0.25) is 4.79 Å². The minimum atomic E-state index is -0.243. The molecular weight excluding hydrogens is 522 g/mol. The van der Waals surface area contributed by atoms with Crippen LogP contribution in [0.1, 0.15) is 66.2 Å². The maximum atomic E-state index is 11.1. The number of anilines is 2. The number of nitrogens with zero attached hydrogens (tertiary/aromatic N) is 1. The summed E-state index contributed by atoms with van der Waals surface area (Å²) in [6.45, 7) is 10.5. The monoisotopic (exact) mass is 574 g/mol. The van der Waals surface area contributed by atoms with Crippen LogP contribution >= 0.6 is 0 Å². The number of hydrogen-bond donors (Lipinski definition) is 5. The van der Waals surface area contributed by atoms with Crippen LogP contribution in [-0.2, 0) is 11.3 Å². The fourth-order valence-electron chi connectivity index (χ4n) is 4.74. The quantitative estimate of drug-likeness (QED) is 0.0629. The van der Waals surface area contributed by atoms with Gasteiger partial charge >= 0.3 is 0 Å². The molecule has 1 amide bonds. The van der Waals surface area contributed by atoms with Gasteiger partial charge < -0.3 is 28.0 Å². The van der Waals surface area contributed by atoms with Gasteiger partial charge in [-0.2, -0.15) is 4.57 Å². The number of nitrogens with two attached hydrogens (primary N) is 4. The van der Waals surface area contributed by atoms with Crippen molar-refractivity contribution in [3.05, 3.63) is 66.7 Å². The second-order valence-electron chi connectivity index (χ2n) is 11.6. The molecule has 1 aromatic heterocycles. The minimum Gasteiger partial charge on any atom is -0.399 e. The highest BCUT2D eigenvalue weighted by molar-refractivity contribution is 6.10. The van der Waals surface area contributed by atoms with E-state index < -0.39 is 0 Å². The lowest BCUT2D eigenvalue weighted by Crippen LogP contribution is -2.37. The second-order valence-corrected chi connectivity index (χ2v) is 11.6. The molecule has 1 heterocycles. The van der Waals surface area contributed by atoms with Crippen LogP contribution in [0.4, 0.5) is 11.4 Å². The third-order valence-electron chi connectivity index (χ3n) is 6.97. The average Bonchev–Trinajstić information content (AvgIpc) is 2.93. The van der Waals surface area contributed by atoms with Crippen LogP contribution in [0.5, 0.6) is 0 Å². The van der Waals surface area contributed by atoms with Crippen molar-refractivity contribution in [2.24, 2.45) is 23.3 Å². The summed E-state index contributed by atoms with van der Waals surface area (Å²) < 4.78 is 2.34. The first kappa shape index (κ1) is 34.5. The van der Waals surface area contributed by atoms with E-state index in [1.54, 1.807) is 0 Å². The largest absolute Gasteiger partial charge is 0.399 e. The van der Waals surface area contributed by atoms with Gasteiger partial charge in [0.2, 0.25) is 17.1 Å². The zero-order valence-corrected chi connectivity index (χ0v) is 26.0. The molecular formula is C35H52N5O2+. The lowest BCUT2D eigenvalue weighted by molar-refractivity contribution is -0.659. The number of primary amides is 1. The maximum Gasteiger partial charge on any atom is 0.220 e. The number of amides is 1. The van der Waals surface area contributed by atoms with Crippen LogP contribution in [0.3, 0.4) is 0 Å². The van der Waals surface area contributed by atoms with Gasteiger partial charge in [0.15, 0.2) is 0 Å². The molecule has 3 aromatic carbocycles. The predicted molar refractivity (Wildman–Crippen MR) is 179 cm³/mol. The van der Waals surface area contributed by atoms with Gasteiger partial charge in [-0.15, -0.1) is 0 Å². The summed E-state index contributed by atoms with van der Waals surface area (Å²) >= 11 is 0. The molecule has 0 fully saturated rings. The summed E-state index contributed by atoms with van der Waals surface area (Å²) in [5.74, 6) is 1.18. The number of fused-ring (bicyclic) bond motifs is 3. The van der Waals surface area contributed by atoms with E-state index in [2.05, 4.69) is 62.6 Å². The molecule has 42 heavy (non-hydrogen) atoms. The Bertz CT molecular complexity index is 1380. The minimum absolute atomic E-state index is 0.243. The summed E-state index contributed by atoms with van der Waals surface area (Å²) in [5.41, 5.74) is 27.7. The number of aryl methyl sites for hydroxylation is 1. The molecule has 4 aromatic rings. The lowest BCUT2D eigenvalue weighted by atomic mass is 9.98. The highest BCUT2D eigenvalue weighted by Crippen LogP contribution is 2.33. The van der Waals surface area contributed by atoms with E-state index in [9.17, 15) is 4.79 Å². The Morgan fingerprint density at radius 3 is 1.93 bits per heavy atom. The molecule has 0 spiro atoms. The van der Waals surface area contributed by atoms with Crippen molar-refractivity contribution in [1.82, 2.24) is 0 Å². The van der Waals surface area contributed by atoms with Crippen molar-refractivity contribution in [2.45, 2.75) is 72.8 Å². The Morgan fingerprint density at radius 2 is 1.40 bits per heavy atom. The van der Waals surface area contributed by atoms with Crippen LogP contribution in [0.25, 0.3) is 32.9 Å². The standard InChI is InChI=1S/C25H26N4O.C5H13N.C5H12O/c26-18-10-12-20-21-13-11-19(27)16-23(21)29(14-6-2-5-9-24(28)30)25(22(20)15-18)17-7-3-1-4-8-17;2*1-5(2)3-4-6/h1,3-4,7-8,10-13,15-16,27H,2,5-6,9,14,26H2,(H2,28,30);5H,3-4,6H2,1-2H3;5-6H,3-4H2,1-2H3/p+1. The number of unbranched alkanes of at least 4 members (excludes halogenated alkanes) is 2. The Labute approximate surface area is 251 Å². The highest BCUT2D eigenvalue weighted by Gasteiger charge is 2.23. The van der Waals surface area contributed by atoms with E-state index in [4.69, 9.17) is 28.0 Å². The molecule has 0 aliphatic heterocycles. The molecule has 4 rings (SSSR count). The topological polar surface area (TPSA) is 145 Å². The van der Waals surface area contributed by atoms with Crippen molar-refractivity contribution >= 4 is 39.0 Å². The van der Waals surface area contributed by atoms with Crippen molar-refractivity contribution in [3.8, 4) is 11.3 Å². The van der Waals surface area contributed by atoms with E-state index in [-0.39, 0.29) is 5.91 Å². The van der Waals surface area contributed by atoms with Gasteiger partial charge in [0.1, 0.15) is 6.54 Å². The number of nitrogen functional groups attached to an aromatic ring is 2. The summed E-state index contributed by atoms with van der Waals surface area (Å²) in [4.78, 5) is 11.1. The number of aliphatic hydroxyl groups is 1. The van der Waals surface area contributed by atoms with Crippen LogP contribution in [0.15, 0.2) is 66.7 Å². The predicted octanol–water partition coefficient (Wildman–Crippen LogP) is 6.17. The Kier molecular flexibility index (Phi) is 14.8. The fourth-order valence-corrected chi connectivity index (χ4v) is 4.74. The molecule has 0 bridgehead atoms. The van der Waals surface area contributed by atoms with Gasteiger partial charge in [0, 0.05) is 47.8 Å². The van der Waals surface area contributed by atoms with Crippen LogP contribution in [0, 0.1) is 11.8 Å². The normalized spacial score (nSPS) is 10.9. The number of carbonyl (C=O) groups is 1. The molecule has 0 unspecified atom stereocenters. The van der Waals surface area contributed by atoms with Crippen molar-refractivity contribution in [2.75, 3.05) is 24.6 Å². The van der Waals surface area contributed by atoms with Gasteiger partial charge in [-0.1, -0.05) is 52.0 Å². The van der Waals surface area contributed by atoms with E-state index in [0.29, 0.717) is 18.9 Å². The molecule has 228 valence electrons. The molecule has 7 heteroatoms. The Balaban J connectivity index is 0.000000434. The first-order chi connectivity index (χ1) is 20.1. The number of hydrogen-bond acceptors (Lipinski definition) is 5. The van der Waals surface area contributed by atoms with E-state index in [1.807, 2.05) is 36.4 Å². The molecule has 0 aliphatic rings. The molecule has 0 radical (unpaired) electrons. The maximum absolute atomic E-state index is 11.1. The lowest BCUT2D eigenvalue weighted by Gasteiger charge is -2.13. The number of carbonyl (C=O) groups excluding carboxylic acids is 1. The fraction of sp³-hybridized carbons (Fsp3) is 0.429. The highest BCUT2D eigenvalue weighted by atomic mass is 16.3. The number of rotatable bonds is 11. The van der Waals surface area contributed by atoms with E-state index >= 15 is 0 Å². The van der Waals surface area contributed by atoms with Gasteiger partial charge in [-0.25, -0.2) is 0 Å². The third-order valence-corrected chi connectivity index (χ3v) is 6.97. The van der Waals surface area contributed by atoms with E-state index in [0.717, 1.165) is 95.4 Å². The van der Waals surface area contributed by atoms with Crippen molar-refractivity contribution < 1.29 is 14.5 Å². The summed E-state index contributed by atoms with van der Waals surface area (Å²) in [6.07, 6.45) is 5.19. The molecule has 0 aliphatic carbocycles. The third kappa shape index (κ3) is 11.0. The Hall–Kier alpha value is -3.68. The zero-order chi connectivity index (χ0) is 31.1. The summed E-state index contributed by atoms with van der Waals surface area (Å²) in [7, 11) is 0. The molecule has 0 atom stereocenters. The van der Waals surface area contributed by atoms with E-state index in [1.165, 1.54) is 0 Å². The molecule has 0 saturated heterocycles. The molecule has 7 nitrogen and oxygen atoms in total. The number of aliphatic hydroxyl groups excluding tert-OH is 1. The number of benzene rings is 3. The van der Waals surface area contributed by atoms with Crippen molar-refractivity contribution in [1.29, 1.82) is 0 Å².